The van der Waals surface area contributed by atoms with Crippen LogP contribution in [0, 0.1) is 6.92 Å². The molecule has 4 nitrogen and oxygen atoms in total. The van der Waals surface area contributed by atoms with Gasteiger partial charge in [-0.25, -0.2) is 13.1 Å². The van der Waals surface area contributed by atoms with Gasteiger partial charge in [0.15, 0.2) is 0 Å². The predicted molar refractivity (Wildman–Crippen MR) is 61.5 cm³/mol. The average molecular weight is 282 g/mol. The fraction of sp³-hybridized carbons (Fsp3) is 0.400. The molecular weight excluding hydrogens is 269 g/mol. The van der Waals surface area contributed by atoms with Crippen LogP contribution >= 0.6 is 0 Å². The number of anilines is 1. The first-order valence-electron chi connectivity index (χ1n) is 5.04. The maximum absolute atomic E-state index is 11.9. The highest BCUT2D eigenvalue weighted by molar-refractivity contribution is 7.89. The lowest BCUT2D eigenvalue weighted by Crippen LogP contribution is -2.28. The van der Waals surface area contributed by atoms with Crippen molar-refractivity contribution >= 4 is 15.7 Å². The molecule has 1 rings (SSSR count). The van der Waals surface area contributed by atoms with Crippen LogP contribution in [0.15, 0.2) is 23.1 Å². The summed E-state index contributed by atoms with van der Waals surface area (Å²) in [5.41, 5.74) is 6.10. The molecule has 1 aromatic rings. The zero-order valence-corrected chi connectivity index (χ0v) is 10.4. The fourth-order valence-electron chi connectivity index (χ4n) is 1.31. The summed E-state index contributed by atoms with van der Waals surface area (Å²) in [7, 11) is -3.97. The third kappa shape index (κ3) is 4.19. The van der Waals surface area contributed by atoms with Crippen molar-refractivity contribution in [3.8, 4) is 0 Å². The Balaban J connectivity index is 2.84. The van der Waals surface area contributed by atoms with E-state index in [0.29, 0.717) is 5.56 Å². The van der Waals surface area contributed by atoms with Crippen LogP contribution in [-0.4, -0.2) is 21.1 Å². The second-order valence-corrected chi connectivity index (χ2v) is 5.52. The highest BCUT2D eigenvalue weighted by atomic mass is 32.2. The number of nitrogens with two attached hydrogens (primary N) is 1. The molecule has 0 heterocycles. The lowest BCUT2D eigenvalue weighted by Gasteiger charge is -2.11. The summed E-state index contributed by atoms with van der Waals surface area (Å²) >= 11 is 0. The molecule has 0 fully saturated rings. The molecule has 8 heteroatoms. The van der Waals surface area contributed by atoms with E-state index in [2.05, 4.69) is 0 Å². The summed E-state index contributed by atoms with van der Waals surface area (Å²) in [6.45, 7) is 0.845. The molecule has 0 unspecified atom stereocenters. The number of nitrogen functional groups attached to an aromatic ring is 1. The van der Waals surface area contributed by atoms with Crippen molar-refractivity contribution in [3.05, 3.63) is 23.8 Å². The van der Waals surface area contributed by atoms with Gasteiger partial charge >= 0.3 is 6.18 Å². The number of hydrogen-bond donors (Lipinski definition) is 2. The first-order valence-corrected chi connectivity index (χ1v) is 6.53. The number of hydrogen-bond acceptors (Lipinski definition) is 3. The van der Waals surface area contributed by atoms with Crippen molar-refractivity contribution in [1.82, 2.24) is 4.72 Å². The van der Waals surface area contributed by atoms with Crippen LogP contribution < -0.4 is 10.5 Å². The van der Waals surface area contributed by atoms with Gasteiger partial charge in [-0.1, -0.05) is 6.07 Å². The van der Waals surface area contributed by atoms with Crippen molar-refractivity contribution in [2.75, 3.05) is 12.3 Å². The van der Waals surface area contributed by atoms with Crippen LogP contribution in [-0.2, 0) is 10.0 Å². The van der Waals surface area contributed by atoms with Crippen molar-refractivity contribution in [2.24, 2.45) is 0 Å². The third-order valence-electron chi connectivity index (χ3n) is 2.20. The Morgan fingerprint density at radius 1 is 1.33 bits per heavy atom. The number of alkyl halides is 3. The topological polar surface area (TPSA) is 72.2 Å². The predicted octanol–water partition coefficient (Wildman–Crippen LogP) is 1.81. The zero-order chi connectivity index (χ0) is 14.0. The first-order chi connectivity index (χ1) is 8.12. The first kappa shape index (κ1) is 14.8. The smallest absolute Gasteiger partial charge is 0.390 e. The Morgan fingerprint density at radius 2 is 1.94 bits per heavy atom. The summed E-state index contributed by atoms with van der Waals surface area (Å²) < 4.78 is 61.2. The van der Waals surface area contributed by atoms with Gasteiger partial charge in [-0.05, 0) is 24.6 Å². The van der Waals surface area contributed by atoms with Crippen LogP contribution in [0.1, 0.15) is 12.0 Å². The Labute approximate surface area is 103 Å². The van der Waals surface area contributed by atoms with E-state index in [4.69, 9.17) is 5.73 Å². The molecule has 0 aliphatic heterocycles. The fourth-order valence-corrected chi connectivity index (χ4v) is 2.62. The summed E-state index contributed by atoms with van der Waals surface area (Å²) in [6, 6.07) is 4.23. The van der Waals surface area contributed by atoms with E-state index in [1.807, 2.05) is 4.72 Å². The van der Waals surface area contributed by atoms with E-state index < -0.39 is 29.2 Å². The van der Waals surface area contributed by atoms with E-state index in [9.17, 15) is 21.6 Å². The molecule has 18 heavy (non-hydrogen) atoms. The van der Waals surface area contributed by atoms with Gasteiger partial charge in [0.25, 0.3) is 0 Å². The van der Waals surface area contributed by atoms with Crippen LogP contribution in [0.3, 0.4) is 0 Å². The van der Waals surface area contributed by atoms with Crippen molar-refractivity contribution in [3.63, 3.8) is 0 Å². The van der Waals surface area contributed by atoms with Gasteiger partial charge in [-0.15, -0.1) is 0 Å². The molecule has 3 N–H and O–H groups in total. The minimum absolute atomic E-state index is 0.107. The van der Waals surface area contributed by atoms with Gasteiger partial charge in [0, 0.05) is 12.2 Å². The summed E-state index contributed by atoms with van der Waals surface area (Å²) in [5, 5.41) is 0. The van der Waals surface area contributed by atoms with E-state index in [1.54, 1.807) is 0 Å². The number of aryl methyl sites for hydroxylation is 1. The van der Waals surface area contributed by atoms with Crippen molar-refractivity contribution < 1.29 is 21.6 Å². The van der Waals surface area contributed by atoms with Crippen LogP contribution in [0.4, 0.5) is 18.9 Å². The summed E-state index contributed by atoms with van der Waals surface area (Å²) in [4.78, 5) is -0.107. The molecule has 0 atom stereocenters. The van der Waals surface area contributed by atoms with E-state index >= 15 is 0 Å². The molecule has 0 bridgehead atoms. The quantitative estimate of drug-likeness (QED) is 0.827. The zero-order valence-electron chi connectivity index (χ0n) is 9.58. The number of rotatable bonds is 4. The molecule has 1 aromatic carbocycles. The monoisotopic (exact) mass is 282 g/mol. The van der Waals surface area contributed by atoms with E-state index in [-0.39, 0.29) is 10.6 Å². The number of benzene rings is 1. The largest absolute Gasteiger partial charge is 0.399 e. The highest BCUT2D eigenvalue weighted by Crippen LogP contribution is 2.20. The molecule has 0 radical (unpaired) electrons. The molecule has 0 saturated carbocycles. The van der Waals surface area contributed by atoms with Crippen LogP contribution in [0.5, 0.6) is 0 Å². The normalized spacial score (nSPS) is 12.7. The Hall–Kier alpha value is -1.28. The summed E-state index contributed by atoms with van der Waals surface area (Å²) in [5.74, 6) is 0. The second kappa shape index (κ2) is 5.15. The average Bonchev–Trinajstić information content (AvgIpc) is 2.19. The molecule has 0 spiro atoms. The lowest BCUT2D eigenvalue weighted by atomic mass is 10.2. The SMILES string of the molecule is Cc1ccc(N)cc1S(=O)(=O)NCCC(F)(F)F. The van der Waals surface area contributed by atoms with Gasteiger partial charge in [0.2, 0.25) is 10.0 Å². The number of halogens is 3. The van der Waals surface area contributed by atoms with Gasteiger partial charge < -0.3 is 5.73 Å². The maximum atomic E-state index is 11.9. The molecule has 102 valence electrons. The van der Waals surface area contributed by atoms with E-state index in [0.717, 1.165) is 0 Å². The molecule has 0 amide bonds. The molecular formula is C10H13F3N2O2S. The number of nitrogens with one attached hydrogen (secondary N) is 1. The third-order valence-corrected chi connectivity index (χ3v) is 3.81. The van der Waals surface area contributed by atoms with Crippen LogP contribution in [0.25, 0.3) is 0 Å². The lowest BCUT2D eigenvalue weighted by molar-refractivity contribution is -0.132. The van der Waals surface area contributed by atoms with Gasteiger partial charge in [0.05, 0.1) is 11.3 Å². The molecule has 0 saturated heterocycles. The minimum Gasteiger partial charge on any atom is -0.399 e. The second-order valence-electron chi connectivity index (χ2n) is 3.79. The van der Waals surface area contributed by atoms with Crippen LogP contribution in [0.2, 0.25) is 0 Å². The molecule has 0 aliphatic carbocycles. The standard InChI is InChI=1S/C10H13F3N2O2S/c1-7-2-3-8(14)6-9(7)18(16,17)15-5-4-10(11,12)13/h2-3,6,15H,4-5,14H2,1H3. The van der Waals surface area contributed by atoms with Crippen molar-refractivity contribution in [1.29, 1.82) is 0 Å². The molecule has 0 aliphatic rings. The van der Waals surface area contributed by atoms with Gasteiger partial charge in [0.1, 0.15) is 0 Å². The Bertz CT molecular complexity index is 526. The van der Waals surface area contributed by atoms with Gasteiger partial charge in [-0.3, -0.25) is 0 Å². The molecule has 0 aromatic heterocycles. The summed E-state index contributed by atoms with van der Waals surface area (Å²) in [6.07, 6.45) is -5.61. The Morgan fingerprint density at radius 3 is 2.50 bits per heavy atom. The highest BCUT2D eigenvalue weighted by Gasteiger charge is 2.27. The number of sulfonamides is 1. The van der Waals surface area contributed by atoms with Crippen molar-refractivity contribution in [2.45, 2.75) is 24.4 Å². The maximum Gasteiger partial charge on any atom is 0.390 e. The Kier molecular flexibility index (Phi) is 4.23. The van der Waals surface area contributed by atoms with E-state index in [1.165, 1.54) is 25.1 Å². The minimum atomic E-state index is -4.40. The van der Waals surface area contributed by atoms with Gasteiger partial charge in [-0.2, -0.15) is 13.2 Å².